The van der Waals surface area contributed by atoms with Crippen LogP contribution < -0.4 is 9.64 Å². The van der Waals surface area contributed by atoms with Gasteiger partial charge in [-0.3, -0.25) is 19.2 Å². The van der Waals surface area contributed by atoms with Crippen LogP contribution in [0.5, 0.6) is 11.5 Å². The number of fused-ring (bicyclic) bond motifs is 3. The van der Waals surface area contributed by atoms with Crippen LogP contribution in [0.1, 0.15) is 42.4 Å². The number of aromatic hydroxyl groups is 1. The van der Waals surface area contributed by atoms with E-state index in [0.717, 1.165) is 16.7 Å². The number of hydrogen-bond acceptors (Lipinski definition) is 6. The first-order valence-electron chi connectivity index (χ1n) is 15.0. The van der Waals surface area contributed by atoms with Crippen LogP contribution in [0.25, 0.3) is 0 Å². The number of phenols is 1. The Balaban J connectivity index is 1.28. The molecule has 3 aromatic carbocycles. The van der Waals surface area contributed by atoms with Crippen molar-refractivity contribution in [1.82, 2.24) is 0 Å². The summed E-state index contributed by atoms with van der Waals surface area (Å²) in [6.45, 7) is 3.77. The van der Waals surface area contributed by atoms with Gasteiger partial charge in [0.1, 0.15) is 18.1 Å². The van der Waals surface area contributed by atoms with Crippen LogP contribution >= 0.6 is 11.6 Å². The molecule has 226 valence electrons. The quantitative estimate of drug-likeness (QED) is 0.197. The second-order valence-electron chi connectivity index (χ2n) is 12.2. The van der Waals surface area contributed by atoms with Crippen molar-refractivity contribution < 1.29 is 29.0 Å². The molecule has 0 saturated carbocycles. The molecular formula is C37H30ClNO6. The second kappa shape index (κ2) is 11.0. The van der Waals surface area contributed by atoms with Crippen LogP contribution in [0, 0.1) is 24.7 Å². The van der Waals surface area contributed by atoms with E-state index in [4.69, 9.17) is 16.3 Å². The minimum absolute atomic E-state index is 0.0858. The zero-order valence-electron chi connectivity index (χ0n) is 24.7. The Morgan fingerprint density at radius 2 is 1.71 bits per heavy atom. The number of Topliss-reactive ketones (excluding diaryl/α,β-unsaturated/α-hetero) is 1. The number of benzene rings is 3. The summed E-state index contributed by atoms with van der Waals surface area (Å²) >= 11 is 6.36. The molecule has 1 aliphatic heterocycles. The molecule has 2 amide bonds. The van der Waals surface area contributed by atoms with Gasteiger partial charge in [-0.15, -0.1) is 0 Å². The molecule has 0 radical (unpaired) electrons. The van der Waals surface area contributed by atoms with Crippen LogP contribution in [0.4, 0.5) is 5.69 Å². The van der Waals surface area contributed by atoms with Crippen molar-refractivity contribution >= 4 is 40.7 Å². The van der Waals surface area contributed by atoms with Gasteiger partial charge in [-0.1, -0.05) is 65.7 Å². The molecule has 1 heterocycles. The first-order chi connectivity index (χ1) is 21.6. The molecule has 3 aromatic rings. The molecule has 4 unspecified atom stereocenters. The molecule has 0 aromatic heterocycles. The van der Waals surface area contributed by atoms with Gasteiger partial charge in [0.05, 0.1) is 17.5 Å². The third-order valence-electron chi connectivity index (χ3n) is 9.54. The van der Waals surface area contributed by atoms with Crippen molar-refractivity contribution in [2.24, 2.45) is 17.8 Å². The fourth-order valence-electron chi connectivity index (χ4n) is 7.31. The normalized spacial score (nSPS) is 24.2. The van der Waals surface area contributed by atoms with E-state index >= 15 is 0 Å². The number of aryl methyl sites for hydroxylation is 1. The summed E-state index contributed by atoms with van der Waals surface area (Å²) in [6, 6.07) is 19.7. The van der Waals surface area contributed by atoms with Gasteiger partial charge >= 0.3 is 0 Å². The van der Waals surface area contributed by atoms with Gasteiger partial charge in [0.2, 0.25) is 11.8 Å². The molecule has 7 nitrogen and oxygen atoms in total. The summed E-state index contributed by atoms with van der Waals surface area (Å²) in [5.41, 5.74) is 4.41. The predicted molar refractivity (Wildman–Crippen MR) is 169 cm³/mol. The van der Waals surface area contributed by atoms with Crippen LogP contribution in [0.3, 0.4) is 0 Å². The molecule has 1 fully saturated rings. The van der Waals surface area contributed by atoms with Crippen molar-refractivity contribution in [3.63, 3.8) is 0 Å². The Kier molecular flexibility index (Phi) is 7.09. The number of carbonyl (C=O) groups excluding carboxylic acids is 4. The molecule has 7 rings (SSSR count). The summed E-state index contributed by atoms with van der Waals surface area (Å²) in [6.07, 6.45) is 3.74. The number of rotatable bonds is 5. The van der Waals surface area contributed by atoms with Crippen LogP contribution in [-0.2, 0) is 25.8 Å². The van der Waals surface area contributed by atoms with Gasteiger partial charge in [-0.05, 0) is 68.0 Å². The number of allylic oxidation sites excluding steroid dienone is 6. The molecule has 1 N–H and O–H groups in total. The van der Waals surface area contributed by atoms with Crippen molar-refractivity contribution in [1.29, 1.82) is 0 Å². The van der Waals surface area contributed by atoms with E-state index in [-0.39, 0.29) is 35.6 Å². The summed E-state index contributed by atoms with van der Waals surface area (Å²) in [7, 11) is 0. The molecule has 1 saturated heterocycles. The Hall–Kier alpha value is -4.75. The number of hydrogen-bond donors (Lipinski definition) is 1. The Labute approximate surface area is 265 Å². The van der Waals surface area contributed by atoms with E-state index < -0.39 is 23.7 Å². The van der Waals surface area contributed by atoms with Gasteiger partial charge in [0, 0.05) is 39.3 Å². The minimum atomic E-state index is -0.755. The van der Waals surface area contributed by atoms with Crippen molar-refractivity contribution in [3.8, 4) is 11.5 Å². The molecule has 4 atom stereocenters. The maximum Gasteiger partial charge on any atom is 0.238 e. The standard InChI is InChI=1S/C37H30ClNO6/c1-19-8-9-22(15-29(19)38)39-36(43)26-13-12-24-27(33(26)37(39)44)17-28-34(31(41)14-20(2)35(28)42)32(24)25-11-10-23(16-30(25)40)45-18-21-6-4-3-5-7-21/h3-12,14-16,26-27,32-33,40H,13,17-18H2,1-2H3. The zero-order chi connectivity index (χ0) is 31.6. The Morgan fingerprint density at radius 3 is 2.44 bits per heavy atom. The number of ether oxygens (including phenoxy) is 1. The molecule has 0 bridgehead atoms. The lowest BCUT2D eigenvalue weighted by Crippen LogP contribution is -2.39. The predicted octanol–water partition coefficient (Wildman–Crippen LogP) is 6.57. The van der Waals surface area contributed by atoms with E-state index in [1.807, 2.05) is 43.3 Å². The highest BCUT2D eigenvalue weighted by molar-refractivity contribution is 6.32. The van der Waals surface area contributed by atoms with Crippen LogP contribution in [0.2, 0.25) is 5.02 Å². The average Bonchev–Trinajstić information content (AvgIpc) is 3.29. The first-order valence-corrected chi connectivity index (χ1v) is 15.4. The highest BCUT2D eigenvalue weighted by Crippen LogP contribution is 2.56. The maximum atomic E-state index is 14.1. The number of ketones is 2. The van der Waals surface area contributed by atoms with E-state index in [1.165, 1.54) is 17.0 Å². The molecule has 45 heavy (non-hydrogen) atoms. The lowest BCUT2D eigenvalue weighted by Gasteiger charge is -2.42. The largest absolute Gasteiger partial charge is 0.507 e. The first kappa shape index (κ1) is 29.0. The van der Waals surface area contributed by atoms with Crippen LogP contribution in [0.15, 0.2) is 101 Å². The lowest BCUT2D eigenvalue weighted by molar-refractivity contribution is -0.123. The topological polar surface area (TPSA) is 101 Å². The van der Waals surface area contributed by atoms with Gasteiger partial charge < -0.3 is 9.84 Å². The summed E-state index contributed by atoms with van der Waals surface area (Å²) in [5.74, 6) is -3.43. The molecule has 8 heteroatoms. The van der Waals surface area contributed by atoms with E-state index in [1.54, 1.807) is 37.3 Å². The van der Waals surface area contributed by atoms with Gasteiger partial charge in [-0.25, -0.2) is 4.90 Å². The number of carbonyl (C=O) groups is 4. The fraction of sp³-hybridized carbons (Fsp3) is 0.243. The van der Waals surface area contributed by atoms with Gasteiger partial charge in [-0.2, -0.15) is 0 Å². The Morgan fingerprint density at radius 1 is 0.933 bits per heavy atom. The number of amides is 2. The summed E-state index contributed by atoms with van der Waals surface area (Å²) in [5, 5.41) is 11.8. The highest BCUT2D eigenvalue weighted by atomic mass is 35.5. The molecule has 3 aliphatic carbocycles. The Bertz CT molecular complexity index is 1900. The number of anilines is 1. The number of imide groups is 1. The smallest absolute Gasteiger partial charge is 0.238 e. The maximum absolute atomic E-state index is 14.1. The van der Waals surface area contributed by atoms with Crippen molar-refractivity contribution in [3.05, 3.63) is 123 Å². The lowest BCUT2D eigenvalue weighted by atomic mass is 9.59. The number of phenolic OH excluding ortho intramolecular Hbond substituents is 1. The van der Waals surface area contributed by atoms with E-state index in [9.17, 15) is 24.3 Å². The molecular weight excluding hydrogens is 590 g/mol. The number of nitrogens with zero attached hydrogens (tertiary/aromatic N) is 1. The summed E-state index contributed by atoms with van der Waals surface area (Å²) in [4.78, 5) is 56.1. The van der Waals surface area contributed by atoms with E-state index in [0.29, 0.717) is 51.8 Å². The monoisotopic (exact) mass is 619 g/mol. The second-order valence-corrected chi connectivity index (χ2v) is 12.6. The van der Waals surface area contributed by atoms with Crippen molar-refractivity contribution in [2.75, 3.05) is 4.90 Å². The molecule has 4 aliphatic rings. The number of halogens is 1. The van der Waals surface area contributed by atoms with Crippen molar-refractivity contribution in [2.45, 2.75) is 39.2 Å². The molecule has 0 spiro atoms. The average molecular weight is 620 g/mol. The fourth-order valence-corrected chi connectivity index (χ4v) is 7.49. The van der Waals surface area contributed by atoms with Gasteiger partial charge in [0.15, 0.2) is 11.6 Å². The minimum Gasteiger partial charge on any atom is -0.507 e. The SMILES string of the molecule is CC1=CC(=O)C2=C(CC3C(=CCC4C(=O)N(c5ccc(C)c(Cl)c5)C(=O)C43)C2c2ccc(OCc3ccccc3)cc2O)C1=O. The summed E-state index contributed by atoms with van der Waals surface area (Å²) < 4.78 is 5.92. The van der Waals surface area contributed by atoms with Crippen LogP contribution in [-0.4, -0.2) is 28.5 Å². The van der Waals surface area contributed by atoms with Gasteiger partial charge in [0.25, 0.3) is 0 Å². The third-order valence-corrected chi connectivity index (χ3v) is 9.94. The van der Waals surface area contributed by atoms with E-state index in [2.05, 4.69) is 0 Å². The third kappa shape index (κ3) is 4.73. The highest BCUT2D eigenvalue weighted by Gasteiger charge is 2.56. The zero-order valence-corrected chi connectivity index (χ0v) is 25.5.